The molecule has 17 heavy (non-hydrogen) atoms. The van der Waals surface area contributed by atoms with Crippen LogP contribution in [-0.4, -0.2) is 5.25 Å². The summed E-state index contributed by atoms with van der Waals surface area (Å²) in [7, 11) is 0. The fourth-order valence-electron chi connectivity index (χ4n) is 1.19. The predicted octanol–water partition coefficient (Wildman–Crippen LogP) is 4.85. The van der Waals surface area contributed by atoms with Crippen LogP contribution in [0.25, 0.3) is 0 Å². The molecule has 0 radical (unpaired) electrons. The minimum absolute atomic E-state index is 0.139. The number of allylic oxidation sites excluding steroid dienone is 2. The lowest BCUT2D eigenvalue weighted by Gasteiger charge is -2.10. The van der Waals surface area contributed by atoms with Crippen molar-refractivity contribution in [2.75, 3.05) is 0 Å². The van der Waals surface area contributed by atoms with Crippen LogP contribution in [0.2, 0.25) is 5.02 Å². The van der Waals surface area contributed by atoms with Crippen LogP contribution in [0.15, 0.2) is 53.5 Å². The van der Waals surface area contributed by atoms with E-state index in [1.165, 1.54) is 11.8 Å². The van der Waals surface area contributed by atoms with Crippen LogP contribution in [0.4, 0.5) is 0 Å². The summed E-state index contributed by atoms with van der Waals surface area (Å²) in [6.45, 7) is 9.64. The van der Waals surface area contributed by atoms with Gasteiger partial charge in [-0.1, -0.05) is 35.9 Å². The first-order chi connectivity index (χ1) is 8.02. The smallest absolute Gasteiger partial charge is 0.100 e. The molecule has 0 aliphatic carbocycles. The summed E-state index contributed by atoms with van der Waals surface area (Å²) in [4.78, 5) is 1.04. The molecular weight excluding hydrogens is 250 g/mol. The first-order valence-electron chi connectivity index (χ1n) is 5.18. The quantitative estimate of drug-likeness (QED) is 0.560. The van der Waals surface area contributed by atoms with Crippen LogP contribution < -0.4 is 0 Å². The van der Waals surface area contributed by atoms with E-state index in [9.17, 15) is 0 Å². The Kier molecular flexibility index (Phi) is 5.34. The Morgan fingerprint density at radius 3 is 2.47 bits per heavy atom. The van der Waals surface area contributed by atoms with E-state index in [4.69, 9.17) is 16.9 Å². The standard InChI is InChI=1S/C14H14ClNS/c1-10(2)11(3)8-14(9-16)17-13-6-4-12(15)5-7-13/h4-7,14H,1,3,8H2,2H3. The second-order valence-electron chi connectivity index (χ2n) is 3.78. The van der Waals surface area contributed by atoms with Gasteiger partial charge < -0.3 is 0 Å². The summed E-state index contributed by atoms with van der Waals surface area (Å²) in [6.07, 6.45) is 0.638. The van der Waals surface area contributed by atoms with Crippen molar-refractivity contribution in [3.8, 4) is 6.07 Å². The molecule has 0 saturated carbocycles. The number of hydrogen-bond donors (Lipinski definition) is 0. The van der Waals surface area contributed by atoms with Gasteiger partial charge in [0.15, 0.2) is 0 Å². The highest BCUT2D eigenvalue weighted by atomic mass is 35.5. The average Bonchev–Trinajstić information content (AvgIpc) is 2.30. The van der Waals surface area contributed by atoms with E-state index in [1.54, 1.807) is 0 Å². The number of halogens is 1. The molecule has 1 unspecified atom stereocenters. The third-order valence-corrected chi connectivity index (χ3v) is 3.62. The fourth-order valence-corrected chi connectivity index (χ4v) is 2.27. The van der Waals surface area contributed by atoms with Gasteiger partial charge in [0.25, 0.3) is 0 Å². The lowest BCUT2D eigenvalue weighted by atomic mass is 10.1. The molecule has 1 atom stereocenters. The molecule has 1 rings (SSSR count). The van der Waals surface area contributed by atoms with E-state index < -0.39 is 0 Å². The number of benzene rings is 1. The van der Waals surface area contributed by atoms with E-state index in [-0.39, 0.29) is 5.25 Å². The van der Waals surface area contributed by atoms with Crippen LogP contribution >= 0.6 is 23.4 Å². The van der Waals surface area contributed by atoms with E-state index in [0.29, 0.717) is 11.4 Å². The molecule has 1 aromatic carbocycles. The van der Waals surface area contributed by atoms with Crippen molar-refractivity contribution in [2.24, 2.45) is 0 Å². The summed E-state index contributed by atoms with van der Waals surface area (Å²) >= 11 is 7.33. The van der Waals surface area contributed by atoms with Crippen molar-refractivity contribution in [1.82, 2.24) is 0 Å². The first-order valence-corrected chi connectivity index (χ1v) is 6.44. The predicted molar refractivity (Wildman–Crippen MR) is 75.3 cm³/mol. The second-order valence-corrected chi connectivity index (χ2v) is 5.49. The van der Waals surface area contributed by atoms with Gasteiger partial charge in [-0.25, -0.2) is 0 Å². The van der Waals surface area contributed by atoms with Gasteiger partial charge in [0, 0.05) is 9.92 Å². The fraction of sp³-hybridized carbons (Fsp3) is 0.214. The summed E-state index contributed by atoms with van der Waals surface area (Å²) < 4.78 is 0. The number of rotatable bonds is 5. The van der Waals surface area contributed by atoms with Gasteiger partial charge in [-0.05, 0) is 37.6 Å². The highest BCUT2D eigenvalue weighted by Crippen LogP contribution is 2.29. The maximum Gasteiger partial charge on any atom is 0.100 e. The van der Waals surface area contributed by atoms with Crippen molar-refractivity contribution in [2.45, 2.75) is 23.5 Å². The van der Waals surface area contributed by atoms with Crippen LogP contribution in [0.3, 0.4) is 0 Å². The number of nitriles is 1. The molecule has 0 heterocycles. The topological polar surface area (TPSA) is 23.8 Å². The van der Waals surface area contributed by atoms with Crippen molar-refractivity contribution >= 4 is 23.4 Å². The normalized spacial score (nSPS) is 11.6. The molecule has 0 saturated heterocycles. The summed E-state index contributed by atoms with van der Waals surface area (Å²) in [6, 6.07) is 9.76. The monoisotopic (exact) mass is 263 g/mol. The van der Waals surface area contributed by atoms with E-state index in [0.717, 1.165) is 16.0 Å². The Labute approximate surface area is 112 Å². The lowest BCUT2D eigenvalue weighted by Crippen LogP contribution is -2.00. The third kappa shape index (κ3) is 4.68. The SMILES string of the molecule is C=C(C)C(=C)CC(C#N)Sc1ccc(Cl)cc1. The molecule has 0 bridgehead atoms. The van der Waals surface area contributed by atoms with Crippen LogP contribution in [0.1, 0.15) is 13.3 Å². The summed E-state index contributed by atoms with van der Waals surface area (Å²) in [5.74, 6) is 0. The van der Waals surface area contributed by atoms with Crippen LogP contribution in [0.5, 0.6) is 0 Å². The molecule has 0 spiro atoms. The Hall–Kier alpha value is -1.17. The highest BCUT2D eigenvalue weighted by Gasteiger charge is 2.11. The molecule has 88 valence electrons. The maximum atomic E-state index is 9.10. The van der Waals surface area contributed by atoms with E-state index in [1.807, 2.05) is 31.2 Å². The maximum absolute atomic E-state index is 9.10. The Morgan fingerprint density at radius 2 is 2.00 bits per heavy atom. The van der Waals surface area contributed by atoms with Crippen LogP contribution in [-0.2, 0) is 0 Å². The minimum Gasteiger partial charge on any atom is -0.197 e. The van der Waals surface area contributed by atoms with Gasteiger partial charge in [0.05, 0.1) is 6.07 Å². The summed E-state index contributed by atoms with van der Waals surface area (Å²) in [5.41, 5.74) is 1.86. The molecule has 0 aromatic heterocycles. The Bertz CT molecular complexity index is 456. The molecule has 0 fully saturated rings. The molecule has 0 aliphatic heterocycles. The third-order valence-electron chi connectivity index (χ3n) is 2.27. The van der Waals surface area contributed by atoms with Gasteiger partial charge in [-0.3, -0.25) is 0 Å². The molecule has 0 amide bonds. The van der Waals surface area contributed by atoms with E-state index in [2.05, 4.69) is 19.2 Å². The second kappa shape index (κ2) is 6.54. The van der Waals surface area contributed by atoms with Gasteiger partial charge in [0.1, 0.15) is 5.25 Å². The molecule has 3 heteroatoms. The summed E-state index contributed by atoms with van der Waals surface area (Å²) in [5, 5.41) is 9.67. The molecular formula is C14H14ClNS. The average molecular weight is 264 g/mol. The lowest BCUT2D eigenvalue weighted by molar-refractivity contribution is 1.02. The van der Waals surface area contributed by atoms with Crippen molar-refractivity contribution in [3.05, 3.63) is 53.6 Å². The van der Waals surface area contributed by atoms with Crippen molar-refractivity contribution < 1.29 is 0 Å². The molecule has 1 nitrogen and oxygen atoms in total. The van der Waals surface area contributed by atoms with Crippen molar-refractivity contribution in [3.63, 3.8) is 0 Å². The zero-order chi connectivity index (χ0) is 12.8. The zero-order valence-electron chi connectivity index (χ0n) is 9.74. The van der Waals surface area contributed by atoms with Crippen molar-refractivity contribution in [1.29, 1.82) is 5.26 Å². The van der Waals surface area contributed by atoms with Gasteiger partial charge in [-0.2, -0.15) is 5.26 Å². The van der Waals surface area contributed by atoms with Gasteiger partial charge >= 0.3 is 0 Å². The number of thioether (sulfide) groups is 1. The van der Waals surface area contributed by atoms with Gasteiger partial charge in [-0.15, -0.1) is 11.8 Å². The Balaban J connectivity index is 2.65. The number of nitrogens with zero attached hydrogens (tertiary/aromatic N) is 1. The van der Waals surface area contributed by atoms with Gasteiger partial charge in [0.2, 0.25) is 0 Å². The minimum atomic E-state index is -0.139. The largest absolute Gasteiger partial charge is 0.197 e. The molecule has 0 aliphatic rings. The van der Waals surface area contributed by atoms with Crippen LogP contribution in [0, 0.1) is 11.3 Å². The Morgan fingerprint density at radius 1 is 1.41 bits per heavy atom. The highest BCUT2D eigenvalue weighted by molar-refractivity contribution is 8.00. The first kappa shape index (κ1) is 13.9. The number of hydrogen-bond acceptors (Lipinski definition) is 2. The molecule has 1 aromatic rings. The van der Waals surface area contributed by atoms with E-state index >= 15 is 0 Å². The zero-order valence-corrected chi connectivity index (χ0v) is 11.3. The molecule has 0 N–H and O–H groups in total.